The number of hydrogen-bond donors (Lipinski definition) is 1. The second-order valence-electron chi connectivity index (χ2n) is 3.59. The van der Waals surface area contributed by atoms with E-state index in [0.29, 0.717) is 18.8 Å². The Morgan fingerprint density at radius 2 is 2.14 bits per heavy atom. The number of rotatable bonds is 1. The van der Waals surface area contributed by atoms with Gasteiger partial charge >= 0.3 is 0 Å². The maximum absolute atomic E-state index is 13.3. The standard InChI is InChI=1S/C10H12F2N2/c11-7-1-2-9(12)10(5-7)14-4-3-8(13)6-14/h1-2,5,8H,3-4,6,13H2. The van der Waals surface area contributed by atoms with E-state index >= 15 is 0 Å². The van der Waals surface area contributed by atoms with E-state index in [1.165, 1.54) is 6.07 Å². The maximum Gasteiger partial charge on any atom is 0.146 e. The van der Waals surface area contributed by atoms with Crippen LogP contribution < -0.4 is 10.6 Å². The lowest BCUT2D eigenvalue weighted by Crippen LogP contribution is -2.26. The molecule has 1 atom stereocenters. The lowest BCUT2D eigenvalue weighted by molar-refractivity contribution is 0.596. The van der Waals surface area contributed by atoms with Crippen LogP contribution in [0.15, 0.2) is 18.2 Å². The third-order valence-electron chi connectivity index (χ3n) is 2.47. The molecule has 1 heterocycles. The van der Waals surface area contributed by atoms with Gasteiger partial charge in [0.2, 0.25) is 0 Å². The summed E-state index contributed by atoms with van der Waals surface area (Å²) in [6, 6.07) is 3.55. The molecule has 0 spiro atoms. The van der Waals surface area contributed by atoms with Crippen LogP contribution in [0.3, 0.4) is 0 Å². The van der Waals surface area contributed by atoms with E-state index in [1.807, 2.05) is 0 Å². The molecule has 4 heteroatoms. The van der Waals surface area contributed by atoms with Crippen molar-refractivity contribution < 1.29 is 8.78 Å². The summed E-state index contributed by atoms with van der Waals surface area (Å²) in [5, 5.41) is 0. The van der Waals surface area contributed by atoms with Crippen LogP contribution in [-0.4, -0.2) is 19.1 Å². The Bertz CT molecular complexity index is 341. The van der Waals surface area contributed by atoms with E-state index < -0.39 is 5.82 Å². The summed E-state index contributed by atoms with van der Waals surface area (Å²) in [7, 11) is 0. The van der Waals surface area contributed by atoms with Gasteiger partial charge in [0.25, 0.3) is 0 Å². The predicted molar refractivity (Wildman–Crippen MR) is 51.2 cm³/mol. The van der Waals surface area contributed by atoms with Gasteiger partial charge in [-0.05, 0) is 18.6 Å². The van der Waals surface area contributed by atoms with Gasteiger partial charge in [-0.1, -0.05) is 0 Å². The molecule has 1 aromatic carbocycles. The molecule has 2 N–H and O–H groups in total. The molecule has 1 aliphatic rings. The minimum Gasteiger partial charge on any atom is -0.367 e. The molecule has 2 rings (SSSR count). The molecular weight excluding hydrogens is 186 g/mol. The zero-order valence-electron chi connectivity index (χ0n) is 7.71. The minimum absolute atomic E-state index is 0.0673. The summed E-state index contributed by atoms with van der Waals surface area (Å²) >= 11 is 0. The quantitative estimate of drug-likeness (QED) is 0.741. The number of hydrogen-bond acceptors (Lipinski definition) is 2. The highest BCUT2D eigenvalue weighted by molar-refractivity contribution is 5.49. The van der Waals surface area contributed by atoms with Crippen molar-refractivity contribution in [1.82, 2.24) is 0 Å². The Morgan fingerprint density at radius 1 is 1.36 bits per heavy atom. The number of halogens is 2. The number of benzene rings is 1. The van der Waals surface area contributed by atoms with Crippen LogP contribution >= 0.6 is 0 Å². The zero-order chi connectivity index (χ0) is 10.1. The molecule has 0 aliphatic carbocycles. The molecule has 1 fully saturated rings. The van der Waals surface area contributed by atoms with Crippen LogP contribution in [0.25, 0.3) is 0 Å². The summed E-state index contributed by atoms with van der Waals surface area (Å²) in [4.78, 5) is 1.78. The van der Waals surface area contributed by atoms with E-state index in [-0.39, 0.29) is 11.9 Å². The molecule has 0 aromatic heterocycles. The molecule has 0 amide bonds. The van der Waals surface area contributed by atoms with Crippen molar-refractivity contribution in [3.05, 3.63) is 29.8 Å². The van der Waals surface area contributed by atoms with Crippen molar-refractivity contribution in [2.24, 2.45) is 5.73 Å². The fourth-order valence-electron chi connectivity index (χ4n) is 1.73. The molecule has 0 saturated carbocycles. The highest BCUT2D eigenvalue weighted by Crippen LogP contribution is 2.23. The fourth-order valence-corrected chi connectivity index (χ4v) is 1.73. The number of anilines is 1. The predicted octanol–water partition coefficient (Wildman–Crippen LogP) is 1.50. The fraction of sp³-hybridized carbons (Fsp3) is 0.400. The molecule has 76 valence electrons. The third-order valence-corrected chi connectivity index (χ3v) is 2.47. The van der Waals surface area contributed by atoms with Crippen LogP contribution in [0.4, 0.5) is 14.5 Å². The summed E-state index contributed by atoms with van der Waals surface area (Å²) in [6.07, 6.45) is 0.829. The van der Waals surface area contributed by atoms with Gasteiger partial charge in [0.05, 0.1) is 5.69 Å². The number of nitrogens with two attached hydrogens (primary N) is 1. The van der Waals surface area contributed by atoms with E-state index in [1.54, 1.807) is 4.90 Å². The Labute approximate surface area is 81.3 Å². The lowest BCUT2D eigenvalue weighted by atomic mass is 10.2. The first-order valence-electron chi connectivity index (χ1n) is 4.62. The second kappa shape index (κ2) is 3.53. The van der Waals surface area contributed by atoms with Gasteiger partial charge in [0.1, 0.15) is 11.6 Å². The Kier molecular flexibility index (Phi) is 2.37. The molecule has 2 nitrogen and oxygen atoms in total. The highest BCUT2D eigenvalue weighted by atomic mass is 19.1. The van der Waals surface area contributed by atoms with Crippen LogP contribution in [0.2, 0.25) is 0 Å². The summed E-state index contributed by atoms with van der Waals surface area (Å²) in [5.41, 5.74) is 6.01. The van der Waals surface area contributed by atoms with Gasteiger partial charge in [-0.2, -0.15) is 0 Å². The molecule has 1 unspecified atom stereocenters. The van der Waals surface area contributed by atoms with Crippen LogP contribution in [0, 0.1) is 11.6 Å². The molecule has 0 bridgehead atoms. The lowest BCUT2D eigenvalue weighted by Gasteiger charge is -2.18. The van der Waals surface area contributed by atoms with Gasteiger partial charge in [-0.25, -0.2) is 8.78 Å². The van der Waals surface area contributed by atoms with Crippen molar-refractivity contribution in [3.63, 3.8) is 0 Å². The normalized spacial score (nSPS) is 21.6. The Morgan fingerprint density at radius 3 is 2.79 bits per heavy atom. The highest BCUT2D eigenvalue weighted by Gasteiger charge is 2.21. The molecular formula is C10H12F2N2. The second-order valence-corrected chi connectivity index (χ2v) is 3.59. The molecule has 0 radical (unpaired) electrons. The maximum atomic E-state index is 13.3. The topological polar surface area (TPSA) is 29.3 Å². The first kappa shape index (κ1) is 9.40. The van der Waals surface area contributed by atoms with Crippen LogP contribution in [-0.2, 0) is 0 Å². The first-order chi connectivity index (χ1) is 6.66. The third kappa shape index (κ3) is 1.70. The Balaban J connectivity index is 2.27. The van der Waals surface area contributed by atoms with E-state index in [2.05, 4.69) is 0 Å². The summed E-state index contributed by atoms with van der Waals surface area (Å²) in [6.45, 7) is 1.29. The van der Waals surface area contributed by atoms with Gasteiger partial charge < -0.3 is 10.6 Å². The van der Waals surface area contributed by atoms with Crippen molar-refractivity contribution in [1.29, 1.82) is 0 Å². The minimum atomic E-state index is -0.415. The summed E-state index contributed by atoms with van der Waals surface area (Å²) in [5.74, 6) is -0.803. The van der Waals surface area contributed by atoms with Crippen molar-refractivity contribution in [2.45, 2.75) is 12.5 Å². The van der Waals surface area contributed by atoms with Crippen LogP contribution in [0.1, 0.15) is 6.42 Å². The summed E-state index contributed by atoms with van der Waals surface area (Å²) < 4.78 is 26.2. The first-order valence-corrected chi connectivity index (χ1v) is 4.62. The van der Waals surface area contributed by atoms with E-state index in [0.717, 1.165) is 18.6 Å². The van der Waals surface area contributed by atoms with Crippen molar-refractivity contribution in [2.75, 3.05) is 18.0 Å². The molecule has 1 saturated heterocycles. The zero-order valence-corrected chi connectivity index (χ0v) is 7.71. The molecule has 1 aliphatic heterocycles. The van der Waals surface area contributed by atoms with E-state index in [9.17, 15) is 8.78 Å². The average molecular weight is 198 g/mol. The number of nitrogens with zero attached hydrogens (tertiary/aromatic N) is 1. The largest absolute Gasteiger partial charge is 0.367 e. The smallest absolute Gasteiger partial charge is 0.146 e. The SMILES string of the molecule is NC1CCN(c2cc(F)ccc2F)C1. The van der Waals surface area contributed by atoms with Gasteiger partial charge in [-0.15, -0.1) is 0 Å². The van der Waals surface area contributed by atoms with Crippen molar-refractivity contribution in [3.8, 4) is 0 Å². The Hall–Kier alpha value is -1.16. The van der Waals surface area contributed by atoms with Crippen LogP contribution in [0.5, 0.6) is 0 Å². The van der Waals surface area contributed by atoms with Gasteiger partial charge in [0, 0.05) is 25.2 Å². The van der Waals surface area contributed by atoms with Crippen molar-refractivity contribution >= 4 is 5.69 Å². The van der Waals surface area contributed by atoms with Gasteiger partial charge in [-0.3, -0.25) is 0 Å². The average Bonchev–Trinajstić information content (AvgIpc) is 2.56. The molecule has 14 heavy (non-hydrogen) atoms. The monoisotopic (exact) mass is 198 g/mol. The van der Waals surface area contributed by atoms with Gasteiger partial charge in [0.15, 0.2) is 0 Å². The van der Waals surface area contributed by atoms with E-state index in [4.69, 9.17) is 5.73 Å². The molecule has 1 aromatic rings.